The third-order valence-corrected chi connectivity index (χ3v) is 5.36. The molecule has 130 valence electrons. The fraction of sp³-hybridized carbons (Fsp3) is 0.550. The SMILES string of the molecule is CCn1cc(CC(=O)N(C)CC2CCCCC2O)c2ccccc21. The van der Waals surface area contributed by atoms with Crippen molar-refractivity contribution < 1.29 is 9.90 Å². The van der Waals surface area contributed by atoms with Crippen LogP contribution in [0.1, 0.15) is 38.2 Å². The summed E-state index contributed by atoms with van der Waals surface area (Å²) in [6.07, 6.45) is 6.43. The van der Waals surface area contributed by atoms with Crippen LogP contribution in [0.2, 0.25) is 0 Å². The highest BCUT2D eigenvalue weighted by Crippen LogP contribution is 2.26. The zero-order valence-electron chi connectivity index (χ0n) is 14.7. The standard InChI is InChI=1S/C20H28N2O2/c1-3-22-14-16(17-9-5-6-10-18(17)22)12-20(24)21(2)13-15-8-4-7-11-19(15)23/h5-6,9-10,14-15,19,23H,3-4,7-8,11-13H2,1-2H3. The van der Waals surface area contributed by atoms with Gasteiger partial charge in [0.2, 0.25) is 5.91 Å². The molecule has 4 heteroatoms. The van der Waals surface area contributed by atoms with E-state index < -0.39 is 0 Å². The summed E-state index contributed by atoms with van der Waals surface area (Å²) in [7, 11) is 1.86. The van der Waals surface area contributed by atoms with Crippen LogP contribution in [0.25, 0.3) is 10.9 Å². The molecule has 1 fully saturated rings. The van der Waals surface area contributed by atoms with Gasteiger partial charge in [0.15, 0.2) is 0 Å². The number of hydrogen-bond donors (Lipinski definition) is 1. The Labute approximate surface area is 144 Å². The number of aliphatic hydroxyl groups excluding tert-OH is 1. The number of carbonyl (C=O) groups is 1. The monoisotopic (exact) mass is 328 g/mol. The van der Waals surface area contributed by atoms with Crippen molar-refractivity contribution in [1.29, 1.82) is 0 Å². The summed E-state index contributed by atoms with van der Waals surface area (Å²) in [5, 5.41) is 11.3. The Balaban J connectivity index is 1.70. The Kier molecular flexibility index (Phi) is 5.24. The van der Waals surface area contributed by atoms with Crippen molar-refractivity contribution >= 4 is 16.8 Å². The number of fused-ring (bicyclic) bond motifs is 1. The van der Waals surface area contributed by atoms with Gasteiger partial charge >= 0.3 is 0 Å². The number of rotatable bonds is 5. The summed E-state index contributed by atoms with van der Waals surface area (Å²) < 4.78 is 2.20. The Bertz CT molecular complexity index is 707. The molecule has 0 bridgehead atoms. The van der Waals surface area contributed by atoms with Crippen molar-refractivity contribution in [2.75, 3.05) is 13.6 Å². The van der Waals surface area contributed by atoms with Gasteiger partial charge in [-0.3, -0.25) is 4.79 Å². The van der Waals surface area contributed by atoms with Crippen LogP contribution in [0.15, 0.2) is 30.5 Å². The van der Waals surface area contributed by atoms with Gasteiger partial charge in [-0.1, -0.05) is 31.0 Å². The molecule has 2 unspecified atom stereocenters. The number of aromatic nitrogens is 1. The maximum atomic E-state index is 12.7. The van der Waals surface area contributed by atoms with E-state index in [1.54, 1.807) is 4.90 Å². The van der Waals surface area contributed by atoms with Gasteiger partial charge in [-0.15, -0.1) is 0 Å². The van der Waals surface area contributed by atoms with E-state index in [2.05, 4.69) is 29.8 Å². The third kappa shape index (κ3) is 3.48. The van der Waals surface area contributed by atoms with Crippen LogP contribution < -0.4 is 0 Å². The molecule has 2 atom stereocenters. The fourth-order valence-electron chi connectivity index (χ4n) is 3.88. The molecule has 1 aromatic carbocycles. The second-order valence-electron chi connectivity index (χ2n) is 7.02. The van der Waals surface area contributed by atoms with Gasteiger partial charge in [-0.2, -0.15) is 0 Å². The van der Waals surface area contributed by atoms with E-state index in [-0.39, 0.29) is 17.9 Å². The number of para-hydroxylation sites is 1. The molecule has 0 aliphatic heterocycles. The van der Waals surface area contributed by atoms with E-state index in [1.807, 2.05) is 19.2 Å². The molecule has 0 spiro atoms. The summed E-state index contributed by atoms with van der Waals surface area (Å²) >= 11 is 0. The number of hydrogen-bond acceptors (Lipinski definition) is 2. The van der Waals surface area contributed by atoms with Crippen LogP contribution in [0.5, 0.6) is 0 Å². The van der Waals surface area contributed by atoms with E-state index in [0.29, 0.717) is 13.0 Å². The first-order chi connectivity index (χ1) is 11.6. The molecular weight excluding hydrogens is 300 g/mol. The van der Waals surface area contributed by atoms with E-state index >= 15 is 0 Å². The van der Waals surface area contributed by atoms with Gasteiger partial charge in [0.05, 0.1) is 12.5 Å². The third-order valence-electron chi connectivity index (χ3n) is 5.36. The van der Waals surface area contributed by atoms with Crippen LogP contribution in [-0.2, 0) is 17.8 Å². The summed E-state index contributed by atoms with van der Waals surface area (Å²) in [4.78, 5) is 14.5. The Morgan fingerprint density at radius 3 is 2.79 bits per heavy atom. The van der Waals surface area contributed by atoms with Crippen molar-refractivity contribution in [2.45, 2.75) is 51.7 Å². The predicted molar refractivity (Wildman–Crippen MR) is 96.9 cm³/mol. The highest BCUT2D eigenvalue weighted by Gasteiger charge is 2.25. The lowest BCUT2D eigenvalue weighted by Crippen LogP contribution is -2.38. The van der Waals surface area contributed by atoms with Gasteiger partial charge in [0, 0.05) is 43.2 Å². The van der Waals surface area contributed by atoms with Gasteiger partial charge in [-0.05, 0) is 31.4 Å². The van der Waals surface area contributed by atoms with Crippen molar-refractivity contribution in [3.8, 4) is 0 Å². The largest absolute Gasteiger partial charge is 0.393 e. The second-order valence-corrected chi connectivity index (χ2v) is 7.02. The first-order valence-corrected chi connectivity index (χ1v) is 9.09. The number of amides is 1. The van der Waals surface area contributed by atoms with Crippen molar-refractivity contribution in [2.24, 2.45) is 5.92 Å². The zero-order chi connectivity index (χ0) is 17.1. The highest BCUT2D eigenvalue weighted by atomic mass is 16.3. The molecular formula is C20H28N2O2. The van der Waals surface area contributed by atoms with E-state index in [0.717, 1.165) is 37.8 Å². The number of carbonyl (C=O) groups excluding carboxylic acids is 1. The molecule has 0 saturated heterocycles. The molecule has 24 heavy (non-hydrogen) atoms. The highest BCUT2D eigenvalue weighted by molar-refractivity contribution is 5.89. The number of nitrogens with zero attached hydrogens (tertiary/aromatic N) is 2. The smallest absolute Gasteiger partial charge is 0.226 e. The lowest BCUT2D eigenvalue weighted by atomic mass is 9.86. The van der Waals surface area contributed by atoms with Crippen molar-refractivity contribution in [3.63, 3.8) is 0 Å². The molecule has 1 aromatic heterocycles. The molecule has 0 radical (unpaired) electrons. The Hall–Kier alpha value is -1.81. The van der Waals surface area contributed by atoms with E-state index in [9.17, 15) is 9.90 Å². The van der Waals surface area contributed by atoms with Crippen LogP contribution >= 0.6 is 0 Å². The van der Waals surface area contributed by atoms with Crippen LogP contribution in [0.4, 0.5) is 0 Å². The molecule has 2 aromatic rings. The molecule has 1 aliphatic rings. The molecule has 1 aliphatic carbocycles. The summed E-state index contributed by atoms with van der Waals surface area (Å²) in [5.74, 6) is 0.358. The minimum Gasteiger partial charge on any atom is -0.393 e. The Morgan fingerprint density at radius 1 is 1.29 bits per heavy atom. The Morgan fingerprint density at radius 2 is 2.04 bits per heavy atom. The summed E-state index contributed by atoms with van der Waals surface area (Å²) in [6, 6.07) is 8.26. The van der Waals surface area contributed by atoms with Gasteiger partial charge in [0.25, 0.3) is 0 Å². The number of likely N-dealkylation sites (N-methyl/N-ethyl adjacent to an activating group) is 1. The normalized spacial score (nSPS) is 21.1. The van der Waals surface area contributed by atoms with Gasteiger partial charge in [-0.25, -0.2) is 0 Å². The quantitative estimate of drug-likeness (QED) is 0.916. The van der Waals surface area contributed by atoms with Crippen LogP contribution in [-0.4, -0.2) is 40.2 Å². The first kappa shape index (κ1) is 17.0. The molecule has 1 saturated carbocycles. The van der Waals surface area contributed by atoms with Crippen LogP contribution in [0.3, 0.4) is 0 Å². The molecule has 3 rings (SSSR count). The van der Waals surface area contributed by atoms with E-state index in [1.165, 1.54) is 10.9 Å². The van der Waals surface area contributed by atoms with Crippen molar-refractivity contribution in [3.05, 3.63) is 36.0 Å². The zero-order valence-corrected chi connectivity index (χ0v) is 14.7. The molecule has 4 nitrogen and oxygen atoms in total. The van der Waals surface area contributed by atoms with Crippen molar-refractivity contribution in [1.82, 2.24) is 9.47 Å². The molecule has 1 N–H and O–H groups in total. The molecule has 1 amide bonds. The maximum absolute atomic E-state index is 12.7. The van der Waals surface area contributed by atoms with Crippen LogP contribution in [0, 0.1) is 5.92 Å². The fourth-order valence-corrected chi connectivity index (χ4v) is 3.88. The average Bonchev–Trinajstić information content (AvgIpc) is 2.95. The molecule has 1 heterocycles. The van der Waals surface area contributed by atoms with Gasteiger partial charge < -0.3 is 14.6 Å². The van der Waals surface area contributed by atoms with Gasteiger partial charge in [0.1, 0.15) is 0 Å². The summed E-state index contributed by atoms with van der Waals surface area (Å²) in [6.45, 7) is 3.68. The number of benzene rings is 1. The minimum atomic E-state index is -0.254. The second kappa shape index (κ2) is 7.39. The number of aryl methyl sites for hydroxylation is 1. The van der Waals surface area contributed by atoms with E-state index in [4.69, 9.17) is 0 Å². The predicted octanol–water partition coefficient (Wildman–Crippen LogP) is 3.21. The number of aliphatic hydroxyl groups is 1. The lowest BCUT2D eigenvalue weighted by molar-refractivity contribution is -0.130. The minimum absolute atomic E-state index is 0.131. The lowest BCUT2D eigenvalue weighted by Gasteiger charge is -2.31. The topological polar surface area (TPSA) is 45.5 Å². The summed E-state index contributed by atoms with van der Waals surface area (Å²) in [5.41, 5.74) is 2.28. The average molecular weight is 328 g/mol. The first-order valence-electron chi connectivity index (χ1n) is 9.09. The maximum Gasteiger partial charge on any atom is 0.226 e.